The summed E-state index contributed by atoms with van der Waals surface area (Å²) < 4.78 is 45.9. The molecule has 2 N–H and O–H groups in total. The Morgan fingerprint density at radius 3 is 2.70 bits per heavy atom. The normalized spacial score (nSPS) is 16.5. The Morgan fingerprint density at radius 2 is 2.03 bits per heavy atom. The molecule has 0 aromatic carbocycles. The number of nitrogens with two attached hydrogens (primary N) is 1. The molecule has 3 aromatic rings. The number of carbonyl (C=O) groups excluding carboxylic acids is 1. The highest BCUT2D eigenvalue weighted by Gasteiger charge is 2.38. The van der Waals surface area contributed by atoms with Crippen LogP contribution >= 0.6 is 0 Å². The minimum Gasteiger partial charge on any atom is -0.481 e. The fourth-order valence-electron chi connectivity index (χ4n) is 3.44. The molecule has 1 amide bonds. The first-order valence-electron chi connectivity index (χ1n) is 8.94. The number of hydrogen-bond acceptors (Lipinski definition) is 6. The summed E-state index contributed by atoms with van der Waals surface area (Å²) in [5.74, 6) is -0.689. The van der Waals surface area contributed by atoms with Crippen molar-refractivity contribution in [2.45, 2.75) is 19.1 Å². The van der Waals surface area contributed by atoms with E-state index in [4.69, 9.17) is 10.5 Å². The van der Waals surface area contributed by atoms with E-state index >= 15 is 0 Å². The zero-order valence-electron chi connectivity index (χ0n) is 16.0. The molecule has 0 bridgehead atoms. The second-order valence-electron chi connectivity index (χ2n) is 6.81. The van der Waals surface area contributed by atoms with Crippen LogP contribution in [0.2, 0.25) is 0 Å². The molecule has 30 heavy (non-hydrogen) atoms. The van der Waals surface area contributed by atoms with Crippen LogP contribution < -0.4 is 15.4 Å². The van der Waals surface area contributed by atoms with Crippen molar-refractivity contribution in [1.29, 1.82) is 0 Å². The highest BCUT2D eigenvalue weighted by molar-refractivity contribution is 6.09. The molecular formula is C19H17F3N6O2. The summed E-state index contributed by atoms with van der Waals surface area (Å²) >= 11 is 0. The first-order chi connectivity index (χ1) is 14.2. The predicted octanol–water partition coefficient (Wildman–Crippen LogP) is 3.17. The minimum absolute atomic E-state index is 0.0596. The molecule has 0 saturated heterocycles. The number of amides is 1. The highest BCUT2D eigenvalue weighted by atomic mass is 19.4. The summed E-state index contributed by atoms with van der Waals surface area (Å²) in [5, 5.41) is 4.32. The molecule has 1 atom stereocenters. The van der Waals surface area contributed by atoms with Gasteiger partial charge in [-0.2, -0.15) is 23.3 Å². The molecule has 3 aromatic heterocycles. The third-order valence-corrected chi connectivity index (χ3v) is 4.82. The van der Waals surface area contributed by atoms with Gasteiger partial charge in [-0.15, -0.1) is 0 Å². The third kappa shape index (κ3) is 3.21. The number of nitrogen functional groups attached to an aromatic ring is 1. The van der Waals surface area contributed by atoms with Crippen LogP contribution in [-0.4, -0.2) is 39.3 Å². The number of anilines is 2. The fraction of sp³-hybridized carbons (Fsp3) is 0.263. The van der Waals surface area contributed by atoms with Crippen LogP contribution in [0.5, 0.6) is 5.88 Å². The molecule has 0 spiro atoms. The van der Waals surface area contributed by atoms with Crippen molar-refractivity contribution >= 4 is 17.5 Å². The molecule has 0 fully saturated rings. The summed E-state index contributed by atoms with van der Waals surface area (Å²) in [6.07, 6.45) is -1.54. The van der Waals surface area contributed by atoms with Gasteiger partial charge in [0, 0.05) is 18.3 Å². The van der Waals surface area contributed by atoms with Gasteiger partial charge in [0.05, 0.1) is 19.3 Å². The Morgan fingerprint density at radius 1 is 1.27 bits per heavy atom. The van der Waals surface area contributed by atoms with Gasteiger partial charge in [0.25, 0.3) is 5.91 Å². The average molecular weight is 418 g/mol. The van der Waals surface area contributed by atoms with Crippen molar-refractivity contribution < 1.29 is 22.7 Å². The van der Waals surface area contributed by atoms with E-state index in [1.807, 2.05) is 6.92 Å². The summed E-state index contributed by atoms with van der Waals surface area (Å²) in [6.45, 7) is 2.04. The van der Waals surface area contributed by atoms with Crippen LogP contribution in [0.15, 0.2) is 36.7 Å². The Kier molecular flexibility index (Phi) is 4.60. The number of rotatable bonds is 3. The zero-order chi connectivity index (χ0) is 21.6. The van der Waals surface area contributed by atoms with Crippen LogP contribution in [0.3, 0.4) is 0 Å². The summed E-state index contributed by atoms with van der Waals surface area (Å²) in [5.41, 5.74) is 6.24. The average Bonchev–Trinajstić information content (AvgIpc) is 3.15. The van der Waals surface area contributed by atoms with Crippen molar-refractivity contribution in [3.05, 3.63) is 47.9 Å². The molecule has 0 aliphatic carbocycles. The Balaban J connectivity index is 1.78. The van der Waals surface area contributed by atoms with E-state index in [0.29, 0.717) is 16.8 Å². The number of methoxy groups -OCH3 is 1. The van der Waals surface area contributed by atoms with Gasteiger partial charge in [-0.1, -0.05) is 0 Å². The van der Waals surface area contributed by atoms with Gasteiger partial charge in [0.15, 0.2) is 0 Å². The molecule has 0 radical (unpaired) electrons. The first kappa shape index (κ1) is 19.7. The second-order valence-corrected chi connectivity index (χ2v) is 6.81. The van der Waals surface area contributed by atoms with E-state index in [2.05, 4.69) is 15.1 Å². The van der Waals surface area contributed by atoms with Crippen LogP contribution in [0.4, 0.5) is 24.8 Å². The molecule has 4 rings (SSSR count). The van der Waals surface area contributed by atoms with Gasteiger partial charge in [-0.25, -0.2) is 4.98 Å². The Labute approximate surface area is 169 Å². The van der Waals surface area contributed by atoms with Crippen molar-refractivity contribution in [3.63, 3.8) is 0 Å². The highest BCUT2D eigenvalue weighted by Crippen LogP contribution is 2.38. The quantitative estimate of drug-likeness (QED) is 0.702. The lowest BCUT2D eigenvalue weighted by atomic mass is 10.0. The summed E-state index contributed by atoms with van der Waals surface area (Å²) in [6, 6.07) is 5.10. The van der Waals surface area contributed by atoms with Crippen LogP contribution in [0.1, 0.15) is 29.0 Å². The van der Waals surface area contributed by atoms with Crippen molar-refractivity contribution in [2.24, 2.45) is 0 Å². The molecule has 0 saturated carbocycles. The van der Waals surface area contributed by atoms with Crippen molar-refractivity contribution in [3.8, 4) is 17.0 Å². The molecule has 156 valence electrons. The topological polar surface area (TPSA) is 99.2 Å². The summed E-state index contributed by atoms with van der Waals surface area (Å²) in [4.78, 5) is 22.5. The molecule has 0 unspecified atom stereocenters. The Hall–Kier alpha value is -3.63. The lowest BCUT2D eigenvalue weighted by Gasteiger charge is -2.32. The van der Waals surface area contributed by atoms with Crippen LogP contribution in [0.25, 0.3) is 11.1 Å². The van der Waals surface area contributed by atoms with Gasteiger partial charge in [-0.05, 0) is 36.8 Å². The van der Waals surface area contributed by atoms with Gasteiger partial charge in [0.2, 0.25) is 5.88 Å². The number of fused-ring (bicyclic) bond motifs is 1. The van der Waals surface area contributed by atoms with Gasteiger partial charge in [0.1, 0.15) is 22.9 Å². The number of nitrogens with zero attached hydrogens (tertiary/aromatic N) is 5. The molecule has 1 aliphatic heterocycles. The number of halogens is 3. The molecule has 11 heteroatoms. The van der Waals surface area contributed by atoms with E-state index in [-0.39, 0.29) is 24.2 Å². The van der Waals surface area contributed by atoms with Crippen molar-refractivity contribution in [2.75, 3.05) is 24.3 Å². The van der Waals surface area contributed by atoms with E-state index in [9.17, 15) is 18.0 Å². The maximum Gasteiger partial charge on any atom is 0.421 e. The largest absolute Gasteiger partial charge is 0.481 e. The molecule has 1 aliphatic rings. The van der Waals surface area contributed by atoms with Gasteiger partial charge >= 0.3 is 6.18 Å². The fourth-order valence-corrected chi connectivity index (χ4v) is 3.44. The van der Waals surface area contributed by atoms with Gasteiger partial charge < -0.3 is 10.5 Å². The van der Waals surface area contributed by atoms with Crippen LogP contribution in [-0.2, 0) is 6.18 Å². The lowest BCUT2D eigenvalue weighted by molar-refractivity contribution is -0.139. The lowest BCUT2D eigenvalue weighted by Crippen LogP contribution is -2.43. The number of carbonyl (C=O) groups is 1. The SMILES string of the molecule is COc1nc(N2C[C@H](C)n3ncc(-c4ccnc(N)c4)c3C2=O)ccc1C(F)(F)F. The second kappa shape index (κ2) is 7.01. The molecule has 4 heterocycles. The number of hydrogen-bond donors (Lipinski definition) is 1. The maximum atomic E-state index is 13.3. The number of alkyl halides is 3. The Bertz CT molecular complexity index is 1130. The zero-order valence-corrected chi connectivity index (χ0v) is 16.0. The minimum atomic E-state index is -4.62. The van der Waals surface area contributed by atoms with Crippen LogP contribution in [0, 0.1) is 0 Å². The van der Waals surface area contributed by atoms with Crippen molar-refractivity contribution in [1.82, 2.24) is 19.7 Å². The predicted molar refractivity (Wildman–Crippen MR) is 102 cm³/mol. The number of pyridine rings is 2. The molecular weight excluding hydrogens is 401 g/mol. The maximum absolute atomic E-state index is 13.3. The van der Waals surface area contributed by atoms with E-state index in [1.165, 1.54) is 11.1 Å². The van der Waals surface area contributed by atoms with E-state index < -0.39 is 23.5 Å². The molecule has 8 nitrogen and oxygen atoms in total. The third-order valence-electron chi connectivity index (χ3n) is 4.82. The van der Waals surface area contributed by atoms with Gasteiger partial charge in [-0.3, -0.25) is 14.4 Å². The summed E-state index contributed by atoms with van der Waals surface area (Å²) in [7, 11) is 1.10. The smallest absolute Gasteiger partial charge is 0.421 e. The standard InChI is InChI=1S/C19H17F3N6O2/c1-10-9-27(15-4-3-13(19(20,21)22)17(26-15)30-2)18(29)16-12(8-25-28(10)16)11-5-6-24-14(23)7-11/h3-8,10H,9H2,1-2H3,(H2,23,24)/t10-/m0/s1. The van der Waals surface area contributed by atoms with E-state index in [1.54, 1.807) is 23.0 Å². The van der Waals surface area contributed by atoms with E-state index in [0.717, 1.165) is 19.2 Å². The number of aromatic nitrogens is 4. The monoisotopic (exact) mass is 418 g/mol. The first-order valence-corrected chi connectivity index (χ1v) is 8.94. The number of ether oxygens (including phenoxy) is 1.